The summed E-state index contributed by atoms with van der Waals surface area (Å²) in [5.41, 5.74) is 0. The van der Waals surface area contributed by atoms with Gasteiger partial charge in [0.1, 0.15) is 0 Å². The Hall–Kier alpha value is -1.58. The van der Waals surface area contributed by atoms with Crippen molar-refractivity contribution >= 4 is 12.1 Å². The summed E-state index contributed by atoms with van der Waals surface area (Å²) in [5, 5.41) is 11.8. The maximum absolute atomic E-state index is 12.2. The first-order valence-electron chi connectivity index (χ1n) is 23.2. The Morgan fingerprint density at radius 2 is 0.704 bits per heavy atom. The summed E-state index contributed by atoms with van der Waals surface area (Å²) in [5.74, 6) is 0. The van der Waals surface area contributed by atoms with Crippen molar-refractivity contribution in [1.29, 1.82) is 0 Å². The molecule has 0 fully saturated rings. The highest BCUT2D eigenvalue weighted by Crippen LogP contribution is 2.14. The molecule has 322 valence electrons. The fourth-order valence-corrected chi connectivity index (χ4v) is 6.66. The van der Waals surface area contributed by atoms with Gasteiger partial charge >= 0.3 is 12.1 Å². The average Bonchev–Trinajstić information content (AvgIpc) is 3.15. The van der Waals surface area contributed by atoms with E-state index in [1.165, 1.54) is 167 Å². The third-order valence-corrected chi connectivity index (χ3v) is 10.1. The van der Waals surface area contributed by atoms with Gasteiger partial charge in [0.25, 0.3) is 0 Å². The zero-order valence-electron chi connectivity index (χ0n) is 36.5. The molecule has 0 aliphatic rings. The smallest absolute Gasteiger partial charge is 0.315 e. The quantitative estimate of drug-likeness (QED) is 0.0462. The first-order valence-corrected chi connectivity index (χ1v) is 23.2. The SMILES string of the molecule is CCCCCCCCCCCCCCCCNC(=O)NC(C)COCCOCC(C)OCC(C)NC(=O)NCCCCCCCCCCCCCCCC. The lowest BCUT2D eigenvalue weighted by atomic mass is 10.0. The monoisotopic (exact) mass is 769 g/mol. The molecule has 0 spiro atoms. The number of carbonyl (C=O) groups is 2. The Morgan fingerprint density at radius 1 is 0.407 bits per heavy atom. The van der Waals surface area contributed by atoms with Crippen molar-refractivity contribution in [3.05, 3.63) is 0 Å². The third-order valence-electron chi connectivity index (χ3n) is 10.1. The second-order valence-electron chi connectivity index (χ2n) is 16.1. The molecule has 0 heterocycles. The molecule has 4 amide bonds. The molecule has 0 saturated heterocycles. The number of rotatable bonds is 42. The number of hydrogen-bond donors (Lipinski definition) is 4. The van der Waals surface area contributed by atoms with Crippen molar-refractivity contribution in [2.45, 2.75) is 233 Å². The molecule has 0 aliphatic heterocycles. The molecule has 0 bridgehead atoms. The summed E-state index contributed by atoms with van der Waals surface area (Å²) in [6.07, 6.45) is 37.2. The van der Waals surface area contributed by atoms with Gasteiger partial charge in [0.05, 0.1) is 51.2 Å². The minimum Gasteiger partial charge on any atom is -0.377 e. The van der Waals surface area contributed by atoms with Crippen LogP contribution in [0.3, 0.4) is 0 Å². The largest absolute Gasteiger partial charge is 0.377 e. The summed E-state index contributed by atoms with van der Waals surface area (Å²) in [6, 6.07) is -0.422. The zero-order chi connectivity index (χ0) is 39.6. The van der Waals surface area contributed by atoms with Crippen LogP contribution in [0, 0.1) is 0 Å². The number of nitrogens with one attached hydrogen (secondary N) is 4. The molecular formula is C45H92N4O5. The van der Waals surface area contributed by atoms with Crippen molar-refractivity contribution < 1.29 is 23.8 Å². The van der Waals surface area contributed by atoms with Gasteiger partial charge in [-0.05, 0) is 33.6 Å². The summed E-state index contributed by atoms with van der Waals surface area (Å²) in [4.78, 5) is 24.4. The van der Waals surface area contributed by atoms with Gasteiger partial charge in [0.15, 0.2) is 0 Å². The molecule has 4 N–H and O–H groups in total. The minimum atomic E-state index is -0.131. The molecule has 9 heteroatoms. The van der Waals surface area contributed by atoms with Crippen molar-refractivity contribution in [1.82, 2.24) is 21.3 Å². The number of amides is 4. The van der Waals surface area contributed by atoms with Crippen molar-refractivity contribution in [3.63, 3.8) is 0 Å². The molecule has 9 nitrogen and oxygen atoms in total. The Morgan fingerprint density at radius 3 is 1.06 bits per heavy atom. The summed E-state index contributed by atoms with van der Waals surface area (Å²) < 4.78 is 17.2. The first-order chi connectivity index (χ1) is 26.4. The number of unbranched alkanes of at least 4 members (excludes halogenated alkanes) is 26. The summed E-state index contributed by atoms with van der Waals surface area (Å²) >= 11 is 0. The van der Waals surface area contributed by atoms with Crippen LogP contribution in [0.15, 0.2) is 0 Å². The third kappa shape index (κ3) is 41.6. The van der Waals surface area contributed by atoms with E-state index < -0.39 is 0 Å². The molecule has 0 aromatic carbocycles. The maximum atomic E-state index is 12.2. The number of urea groups is 2. The Kier molecular flexibility index (Phi) is 41.3. The van der Waals surface area contributed by atoms with E-state index in [2.05, 4.69) is 35.1 Å². The van der Waals surface area contributed by atoms with E-state index in [0.717, 1.165) is 12.8 Å². The zero-order valence-corrected chi connectivity index (χ0v) is 36.5. The molecule has 0 aromatic rings. The van der Waals surface area contributed by atoms with Gasteiger partial charge in [-0.25, -0.2) is 9.59 Å². The van der Waals surface area contributed by atoms with Gasteiger partial charge in [-0.1, -0.05) is 181 Å². The van der Waals surface area contributed by atoms with Crippen LogP contribution >= 0.6 is 0 Å². The van der Waals surface area contributed by atoms with Crippen LogP contribution in [-0.2, 0) is 14.2 Å². The van der Waals surface area contributed by atoms with Gasteiger partial charge in [-0.3, -0.25) is 0 Å². The molecule has 0 aliphatic carbocycles. The average molecular weight is 769 g/mol. The van der Waals surface area contributed by atoms with Gasteiger partial charge in [-0.2, -0.15) is 0 Å². The normalized spacial score (nSPS) is 13.1. The van der Waals surface area contributed by atoms with E-state index >= 15 is 0 Å². The fourth-order valence-electron chi connectivity index (χ4n) is 6.66. The molecule has 0 radical (unpaired) electrons. The molecular weight excluding hydrogens is 677 g/mol. The second-order valence-corrected chi connectivity index (χ2v) is 16.1. The molecule has 0 rings (SSSR count). The van der Waals surface area contributed by atoms with Crippen molar-refractivity contribution in [2.24, 2.45) is 0 Å². The Bertz CT molecular complexity index is 789. The van der Waals surface area contributed by atoms with E-state index in [4.69, 9.17) is 14.2 Å². The van der Waals surface area contributed by atoms with E-state index in [-0.39, 0.29) is 30.2 Å². The molecule has 0 saturated carbocycles. The fraction of sp³-hybridized carbons (Fsp3) is 0.956. The highest BCUT2D eigenvalue weighted by atomic mass is 16.5. The van der Waals surface area contributed by atoms with Crippen LogP contribution < -0.4 is 21.3 Å². The van der Waals surface area contributed by atoms with Crippen LogP contribution in [0.25, 0.3) is 0 Å². The predicted molar refractivity (Wildman–Crippen MR) is 230 cm³/mol. The standard InChI is InChI=1S/C45H92N4O5/c1-6-8-10-12-14-16-18-20-22-24-26-28-30-32-34-46-44(50)48-41(3)38-52-36-37-53-40-43(5)54-39-42(4)49-45(51)47-35-33-31-29-27-25-23-21-19-17-15-13-11-9-7-2/h41-43H,6-40H2,1-5H3,(H2,46,48,50)(H2,47,49,51). The number of hydrogen-bond acceptors (Lipinski definition) is 5. The molecule has 54 heavy (non-hydrogen) atoms. The van der Waals surface area contributed by atoms with Crippen LogP contribution in [0.5, 0.6) is 0 Å². The highest BCUT2D eigenvalue weighted by Gasteiger charge is 2.11. The molecule has 3 unspecified atom stereocenters. The van der Waals surface area contributed by atoms with Gasteiger partial charge in [0, 0.05) is 13.1 Å². The highest BCUT2D eigenvalue weighted by molar-refractivity contribution is 5.74. The van der Waals surface area contributed by atoms with Gasteiger partial charge in [0.2, 0.25) is 0 Å². The lowest BCUT2D eigenvalue weighted by molar-refractivity contribution is -0.0281. The lowest BCUT2D eigenvalue weighted by Gasteiger charge is -2.19. The van der Waals surface area contributed by atoms with E-state index in [9.17, 15) is 9.59 Å². The van der Waals surface area contributed by atoms with Crippen LogP contribution in [0.4, 0.5) is 9.59 Å². The maximum Gasteiger partial charge on any atom is 0.315 e. The number of ether oxygens (including phenoxy) is 3. The minimum absolute atomic E-state index is 0.0750. The first kappa shape index (κ1) is 52.4. The van der Waals surface area contributed by atoms with Gasteiger partial charge < -0.3 is 35.5 Å². The molecule has 3 atom stereocenters. The van der Waals surface area contributed by atoms with E-state index in [0.29, 0.717) is 46.1 Å². The Labute approximate surface area is 335 Å². The van der Waals surface area contributed by atoms with Crippen LogP contribution in [0.2, 0.25) is 0 Å². The van der Waals surface area contributed by atoms with Crippen LogP contribution in [-0.4, -0.2) is 76.4 Å². The Balaban J connectivity index is 3.50. The number of carbonyl (C=O) groups excluding carboxylic acids is 2. The van der Waals surface area contributed by atoms with E-state index in [1.54, 1.807) is 0 Å². The van der Waals surface area contributed by atoms with Crippen molar-refractivity contribution in [2.75, 3.05) is 46.1 Å². The predicted octanol–water partition coefficient (Wildman–Crippen LogP) is 11.8. The van der Waals surface area contributed by atoms with Gasteiger partial charge in [-0.15, -0.1) is 0 Å². The topological polar surface area (TPSA) is 110 Å². The van der Waals surface area contributed by atoms with Crippen molar-refractivity contribution in [3.8, 4) is 0 Å². The summed E-state index contributed by atoms with van der Waals surface area (Å²) in [6.45, 7) is 14.1. The summed E-state index contributed by atoms with van der Waals surface area (Å²) in [7, 11) is 0. The second kappa shape index (κ2) is 42.6. The lowest BCUT2D eigenvalue weighted by Crippen LogP contribution is -2.43. The van der Waals surface area contributed by atoms with Crippen LogP contribution in [0.1, 0.15) is 214 Å². The molecule has 0 aromatic heterocycles. The van der Waals surface area contributed by atoms with E-state index in [1.807, 2.05) is 20.8 Å².